The van der Waals surface area contributed by atoms with Gasteiger partial charge in [0, 0.05) is 0 Å². The number of nitrogens with zero attached hydrogens (tertiary/aromatic N) is 2. The van der Waals surface area contributed by atoms with Crippen molar-refractivity contribution in [2.75, 3.05) is 14.2 Å². The molecule has 19 heavy (non-hydrogen) atoms. The summed E-state index contributed by atoms with van der Waals surface area (Å²) in [5.41, 5.74) is 0.581. The van der Waals surface area contributed by atoms with Crippen LogP contribution in [0.15, 0.2) is 17.4 Å². The number of methoxy groups -OCH3 is 2. The lowest BCUT2D eigenvalue weighted by atomic mass is 10.2. The van der Waals surface area contributed by atoms with Crippen LogP contribution in [0.25, 0.3) is 0 Å². The van der Waals surface area contributed by atoms with Crippen LogP contribution in [0.5, 0.6) is 17.8 Å². The molecule has 0 amide bonds. The second kappa shape index (κ2) is 6.58. The molecule has 0 aromatic carbocycles. The van der Waals surface area contributed by atoms with Crippen LogP contribution in [0.4, 0.5) is 0 Å². The summed E-state index contributed by atoms with van der Waals surface area (Å²) in [6.07, 6.45) is 0.544. The minimum absolute atomic E-state index is 0.138. The van der Waals surface area contributed by atoms with Crippen LogP contribution in [0, 0.1) is 0 Å². The van der Waals surface area contributed by atoms with Gasteiger partial charge in [-0.25, -0.2) is 4.79 Å². The van der Waals surface area contributed by atoms with Gasteiger partial charge in [0.2, 0.25) is 17.5 Å². The summed E-state index contributed by atoms with van der Waals surface area (Å²) < 4.78 is 15.1. The van der Waals surface area contributed by atoms with Crippen molar-refractivity contribution in [2.24, 2.45) is 0 Å². The molecule has 0 atom stereocenters. The summed E-state index contributed by atoms with van der Waals surface area (Å²) in [5.74, 6) is -0.927. The maximum Gasteiger partial charge on any atom is 0.371 e. The van der Waals surface area contributed by atoms with Gasteiger partial charge in [0.1, 0.15) is 0 Å². The third-order valence-electron chi connectivity index (χ3n) is 2.38. The van der Waals surface area contributed by atoms with Crippen molar-refractivity contribution in [1.29, 1.82) is 0 Å². The highest BCUT2D eigenvalue weighted by atomic mass is 16.5. The summed E-state index contributed by atoms with van der Waals surface area (Å²) >= 11 is 0. The van der Waals surface area contributed by atoms with E-state index in [0.29, 0.717) is 12.0 Å². The van der Waals surface area contributed by atoms with Crippen molar-refractivity contribution in [1.82, 2.24) is 9.97 Å². The van der Waals surface area contributed by atoms with E-state index in [0.717, 1.165) is 0 Å². The molecule has 1 heterocycles. The van der Waals surface area contributed by atoms with Crippen molar-refractivity contribution in [3.63, 3.8) is 0 Å². The molecule has 0 unspecified atom stereocenters. The number of hydrogen-bond donors (Lipinski definition) is 1. The number of allylic oxidation sites excluding steroid dienone is 1. The lowest BCUT2D eigenvalue weighted by Crippen LogP contribution is -2.12. The van der Waals surface area contributed by atoms with E-state index in [1.54, 1.807) is 6.92 Å². The molecule has 1 N–H and O–H groups in total. The summed E-state index contributed by atoms with van der Waals surface area (Å²) in [6, 6.07) is 1.32. The number of aliphatic carboxylic acids is 1. The third kappa shape index (κ3) is 3.84. The normalized spacial score (nSPS) is 11.6. The quantitative estimate of drug-likeness (QED) is 0.619. The molecule has 0 saturated heterocycles. The molecule has 1 aromatic rings. The average molecular weight is 268 g/mol. The van der Waals surface area contributed by atoms with Gasteiger partial charge in [0.15, 0.2) is 0 Å². The molecule has 0 aliphatic carbocycles. The van der Waals surface area contributed by atoms with Gasteiger partial charge in [-0.3, -0.25) is 0 Å². The van der Waals surface area contributed by atoms with Crippen molar-refractivity contribution in [3.05, 3.63) is 17.4 Å². The largest absolute Gasteiger partial charge is 0.481 e. The molecule has 1 rings (SSSR count). The van der Waals surface area contributed by atoms with Crippen LogP contribution in [-0.4, -0.2) is 35.3 Å². The summed E-state index contributed by atoms with van der Waals surface area (Å²) in [4.78, 5) is 18.9. The van der Waals surface area contributed by atoms with E-state index in [1.165, 1.54) is 20.3 Å². The Bertz CT molecular complexity index is 477. The zero-order valence-corrected chi connectivity index (χ0v) is 11.3. The van der Waals surface area contributed by atoms with Crippen molar-refractivity contribution < 1.29 is 24.1 Å². The monoisotopic (exact) mass is 268 g/mol. The van der Waals surface area contributed by atoms with Crippen molar-refractivity contribution in [3.8, 4) is 17.8 Å². The van der Waals surface area contributed by atoms with E-state index in [-0.39, 0.29) is 23.5 Å². The van der Waals surface area contributed by atoms with Crippen LogP contribution in [0.2, 0.25) is 0 Å². The molecule has 1 aromatic heterocycles. The molecular weight excluding hydrogens is 252 g/mol. The van der Waals surface area contributed by atoms with Gasteiger partial charge in [-0.15, -0.1) is 0 Å². The van der Waals surface area contributed by atoms with Gasteiger partial charge in [-0.05, 0) is 18.9 Å². The van der Waals surface area contributed by atoms with Crippen LogP contribution in [0.3, 0.4) is 0 Å². The number of rotatable bonds is 6. The fourth-order valence-corrected chi connectivity index (χ4v) is 1.20. The van der Waals surface area contributed by atoms with E-state index in [4.69, 9.17) is 19.3 Å². The smallest absolute Gasteiger partial charge is 0.371 e. The Morgan fingerprint density at radius 2 is 1.79 bits per heavy atom. The Balaban J connectivity index is 3.13. The number of ether oxygens (including phenoxy) is 3. The van der Waals surface area contributed by atoms with Crippen LogP contribution < -0.4 is 14.2 Å². The van der Waals surface area contributed by atoms with Gasteiger partial charge in [-0.2, -0.15) is 9.97 Å². The molecule has 7 heteroatoms. The highest BCUT2D eigenvalue weighted by Gasteiger charge is 2.16. The first-order chi connectivity index (χ1) is 9.01. The van der Waals surface area contributed by atoms with Gasteiger partial charge >= 0.3 is 12.0 Å². The number of carbonyl (C=O) groups is 1. The van der Waals surface area contributed by atoms with Gasteiger partial charge in [-0.1, -0.05) is 6.92 Å². The number of hydrogen-bond acceptors (Lipinski definition) is 6. The molecule has 0 radical (unpaired) electrons. The van der Waals surface area contributed by atoms with Gasteiger partial charge < -0.3 is 19.3 Å². The Labute approximate surface area is 110 Å². The summed E-state index contributed by atoms with van der Waals surface area (Å²) in [7, 11) is 2.85. The first-order valence-electron chi connectivity index (χ1n) is 5.59. The average Bonchev–Trinajstić information content (AvgIpc) is 2.43. The zero-order valence-electron chi connectivity index (χ0n) is 11.3. The minimum atomic E-state index is -1.18. The summed E-state index contributed by atoms with van der Waals surface area (Å²) in [6.45, 7) is 3.50. The fraction of sp³-hybridized carbons (Fsp3) is 0.417. The van der Waals surface area contributed by atoms with Gasteiger partial charge in [0.25, 0.3) is 0 Å². The van der Waals surface area contributed by atoms with Crippen LogP contribution >= 0.6 is 0 Å². The molecule has 0 bridgehead atoms. The molecule has 0 aliphatic heterocycles. The Morgan fingerprint density at radius 3 is 2.16 bits per heavy atom. The summed E-state index contributed by atoms with van der Waals surface area (Å²) in [5, 5.41) is 9.09. The molecular formula is C12H16N2O5. The molecule has 104 valence electrons. The zero-order chi connectivity index (χ0) is 14.4. The Morgan fingerprint density at radius 1 is 1.26 bits per heavy atom. The lowest BCUT2D eigenvalue weighted by molar-refractivity contribution is -0.135. The van der Waals surface area contributed by atoms with E-state index in [2.05, 4.69) is 9.97 Å². The number of carboxylic acids is 1. The number of carboxylic acid groups (broad SMARTS) is 1. The molecule has 7 nitrogen and oxygen atoms in total. The molecule has 0 aliphatic rings. The Hall–Kier alpha value is -2.31. The third-order valence-corrected chi connectivity index (χ3v) is 2.38. The minimum Gasteiger partial charge on any atom is -0.481 e. The lowest BCUT2D eigenvalue weighted by Gasteiger charge is -2.09. The molecule has 0 fully saturated rings. The Kier molecular flexibility index (Phi) is 5.11. The first-order valence-corrected chi connectivity index (χ1v) is 5.59. The SMILES string of the molecule is CC/C(C)=C(/Oc1nc(OC)cc(OC)n1)C(=O)O. The number of aromatic nitrogens is 2. The van der Waals surface area contributed by atoms with Crippen molar-refractivity contribution in [2.45, 2.75) is 20.3 Å². The van der Waals surface area contributed by atoms with Crippen molar-refractivity contribution >= 4 is 5.97 Å². The topological polar surface area (TPSA) is 90.8 Å². The van der Waals surface area contributed by atoms with E-state index in [1.807, 2.05) is 6.92 Å². The van der Waals surface area contributed by atoms with Gasteiger partial charge in [0.05, 0.1) is 20.3 Å². The fourth-order valence-electron chi connectivity index (χ4n) is 1.20. The highest BCUT2D eigenvalue weighted by Crippen LogP contribution is 2.21. The highest BCUT2D eigenvalue weighted by molar-refractivity contribution is 5.85. The maximum absolute atomic E-state index is 11.1. The van der Waals surface area contributed by atoms with Crippen LogP contribution in [-0.2, 0) is 4.79 Å². The standard InChI is InChI=1S/C12H16N2O5/c1-5-7(2)10(11(15)16)19-12-13-8(17-3)6-9(14-12)18-4/h6H,5H2,1-4H3,(H,15,16)/b10-7+. The van der Waals surface area contributed by atoms with Crippen LogP contribution in [0.1, 0.15) is 20.3 Å². The molecule has 0 spiro atoms. The first kappa shape index (κ1) is 14.7. The molecule has 0 saturated carbocycles. The van der Waals surface area contributed by atoms with E-state index >= 15 is 0 Å². The second-order valence-corrected chi connectivity index (χ2v) is 3.61. The van der Waals surface area contributed by atoms with E-state index in [9.17, 15) is 4.79 Å². The maximum atomic E-state index is 11.1. The van der Waals surface area contributed by atoms with E-state index < -0.39 is 5.97 Å². The predicted molar refractivity (Wildman–Crippen MR) is 66.4 cm³/mol. The predicted octanol–water partition coefficient (Wildman–Crippen LogP) is 1.64. The second-order valence-electron chi connectivity index (χ2n) is 3.61.